The average Bonchev–Trinajstić information content (AvgIpc) is 2.42. The fraction of sp³-hybridized carbons (Fsp3) is 0.636. The molecule has 0 saturated carbocycles. The van der Waals surface area contributed by atoms with Gasteiger partial charge in [-0.25, -0.2) is 0 Å². The van der Waals surface area contributed by atoms with Crippen LogP contribution < -0.4 is 16.0 Å². The number of hydrogen-bond donors (Lipinski definition) is 6. The highest BCUT2D eigenvalue weighted by molar-refractivity contribution is 7.80. The zero-order chi connectivity index (χ0) is 16.4. The quantitative estimate of drug-likeness (QED) is 0.257. The number of aliphatic carboxylic acids is 2. The molecule has 0 fully saturated rings. The monoisotopic (exact) mass is 321 g/mol. The number of amides is 2. The molecule has 21 heavy (non-hydrogen) atoms. The van der Waals surface area contributed by atoms with Crippen molar-refractivity contribution in [2.45, 2.75) is 24.9 Å². The number of carboxylic acid groups (broad SMARTS) is 2. The lowest BCUT2D eigenvalue weighted by atomic mass is 10.1. The Labute approximate surface area is 126 Å². The van der Waals surface area contributed by atoms with Gasteiger partial charge >= 0.3 is 11.9 Å². The highest BCUT2D eigenvalue weighted by atomic mass is 32.1. The van der Waals surface area contributed by atoms with Gasteiger partial charge in [0, 0.05) is 12.2 Å². The summed E-state index contributed by atoms with van der Waals surface area (Å²) in [6.07, 6.45) is -0.0258. The third-order valence-corrected chi connectivity index (χ3v) is 2.92. The molecule has 2 amide bonds. The Hall–Kier alpha value is -1.81. The summed E-state index contributed by atoms with van der Waals surface area (Å²) in [4.78, 5) is 44.3. The molecule has 0 radical (unpaired) electrons. The van der Waals surface area contributed by atoms with Crippen LogP contribution in [0, 0.1) is 0 Å². The molecule has 0 aromatic heterocycles. The summed E-state index contributed by atoms with van der Waals surface area (Å²) >= 11 is 3.90. The van der Waals surface area contributed by atoms with Crippen molar-refractivity contribution in [2.24, 2.45) is 0 Å². The Kier molecular flexibility index (Phi) is 9.13. The predicted molar refractivity (Wildman–Crippen MR) is 76.1 cm³/mol. The molecule has 9 nitrogen and oxygen atoms in total. The van der Waals surface area contributed by atoms with Crippen molar-refractivity contribution in [3.8, 4) is 0 Å². The Balaban J connectivity index is 4.29. The number of rotatable bonds is 10. The van der Waals surface area contributed by atoms with Gasteiger partial charge in [0.15, 0.2) is 0 Å². The fourth-order valence-electron chi connectivity index (χ4n) is 1.41. The lowest BCUT2D eigenvalue weighted by Gasteiger charge is -2.16. The van der Waals surface area contributed by atoms with Gasteiger partial charge in [-0.1, -0.05) is 0 Å². The summed E-state index contributed by atoms with van der Waals surface area (Å²) in [6.45, 7) is -0.556. The number of carboxylic acids is 2. The van der Waals surface area contributed by atoms with Crippen LogP contribution in [0.3, 0.4) is 0 Å². The van der Waals surface area contributed by atoms with E-state index in [2.05, 4.69) is 28.6 Å². The normalized spacial score (nSPS) is 13.0. The smallest absolute Gasteiger partial charge is 0.322 e. The minimum absolute atomic E-state index is 0.00835. The highest BCUT2D eigenvalue weighted by Crippen LogP contribution is 1.99. The summed E-state index contributed by atoms with van der Waals surface area (Å²) in [5, 5.41) is 24.3. The number of likely N-dealkylation sites (N-methyl/N-ethyl adjacent to an activating group) is 1. The van der Waals surface area contributed by atoms with Gasteiger partial charge in [-0.15, -0.1) is 0 Å². The largest absolute Gasteiger partial charge is 0.480 e. The third-order valence-electron chi connectivity index (χ3n) is 2.55. The Morgan fingerprint density at radius 3 is 2.19 bits per heavy atom. The van der Waals surface area contributed by atoms with E-state index in [1.807, 2.05) is 0 Å². The molecule has 5 N–H and O–H groups in total. The van der Waals surface area contributed by atoms with Crippen LogP contribution in [0.4, 0.5) is 0 Å². The molecular weight excluding hydrogens is 302 g/mol. The van der Waals surface area contributed by atoms with Crippen molar-refractivity contribution in [1.29, 1.82) is 0 Å². The lowest BCUT2D eigenvalue weighted by molar-refractivity contribution is -0.139. The summed E-state index contributed by atoms with van der Waals surface area (Å²) in [6, 6.07) is -1.83. The van der Waals surface area contributed by atoms with Gasteiger partial charge < -0.3 is 26.2 Å². The minimum Gasteiger partial charge on any atom is -0.480 e. The van der Waals surface area contributed by atoms with E-state index in [-0.39, 0.29) is 18.6 Å². The average molecular weight is 321 g/mol. The topological polar surface area (TPSA) is 145 Å². The molecular formula is C11H19N3O6S. The summed E-state index contributed by atoms with van der Waals surface area (Å²) < 4.78 is 0. The van der Waals surface area contributed by atoms with Crippen molar-refractivity contribution in [3.63, 3.8) is 0 Å². The second kappa shape index (κ2) is 10.00. The first-order valence-electron chi connectivity index (χ1n) is 6.11. The standard InChI is InChI=1S/C11H19N3O6S/c1-12-6(11(19)20)2-3-8(15)14-7(5-21)10(18)13-4-9(16)17/h6-7,12,21H,2-5H2,1H3,(H,13,18)(H,14,15)(H,16,17)(H,19,20)/t6-,7-/m0/s1. The number of thiol groups is 1. The molecule has 0 heterocycles. The molecule has 0 rings (SSSR count). The van der Waals surface area contributed by atoms with Crippen molar-refractivity contribution in [2.75, 3.05) is 19.3 Å². The van der Waals surface area contributed by atoms with Crippen molar-refractivity contribution >= 4 is 36.4 Å². The van der Waals surface area contributed by atoms with E-state index in [4.69, 9.17) is 10.2 Å². The van der Waals surface area contributed by atoms with Crippen LogP contribution in [0.15, 0.2) is 0 Å². The molecule has 0 aliphatic rings. The van der Waals surface area contributed by atoms with Crippen LogP contribution in [-0.2, 0) is 19.2 Å². The van der Waals surface area contributed by atoms with Gasteiger partial charge in [0.05, 0.1) is 0 Å². The van der Waals surface area contributed by atoms with Crippen LogP contribution in [0.5, 0.6) is 0 Å². The van der Waals surface area contributed by atoms with Crippen LogP contribution in [0.25, 0.3) is 0 Å². The predicted octanol–water partition coefficient (Wildman–Crippen LogP) is -1.95. The molecule has 0 spiro atoms. The van der Waals surface area contributed by atoms with Gasteiger partial charge in [0.25, 0.3) is 0 Å². The van der Waals surface area contributed by atoms with E-state index in [9.17, 15) is 19.2 Å². The Morgan fingerprint density at radius 1 is 1.14 bits per heavy atom. The molecule has 2 atom stereocenters. The second-order valence-corrected chi connectivity index (χ2v) is 4.50. The fourth-order valence-corrected chi connectivity index (χ4v) is 1.67. The van der Waals surface area contributed by atoms with Crippen LogP contribution in [0.2, 0.25) is 0 Å². The molecule has 0 aromatic rings. The molecule has 0 saturated heterocycles. The molecule has 120 valence electrons. The molecule has 0 bridgehead atoms. The van der Waals surface area contributed by atoms with Gasteiger partial charge in [0.1, 0.15) is 18.6 Å². The van der Waals surface area contributed by atoms with E-state index in [1.165, 1.54) is 7.05 Å². The first-order chi connectivity index (χ1) is 9.81. The molecule has 0 aromatic carbocycles. The zero-order valence-electron chi connectivity index (χ0n) is 11.5. The maximum atomic E-state index is 11.6. The number of nitrogens with one attached hydrogen (secondary N) is 3. The zero-order valence-corrected chi connectivity index (χ0v) is 12.4. The third kappa shape index (κ3) is 8.15. The van der Waals surface area contributed by atoms with E-state index in [0.29, 0.717) is 0 Å². The van der Waals surface area contributed by atoms with Crippen molar-refractivity contribution < 1.29 is 29.4 Å². The maximum Gasteiger partial charge on any atom is 0.322 e. The van der Waals surface area contributed by atoms with E-state index < -0.39 is 42.4 Å². The summed E-state index contributed by atoms with van der Waals surface area (Å²) in [5.74, 6) is -3.46. The second-order valence-electron chi connectivity index (χ2n) is 4.13. The van der Waals surface area contributed by atoms with E-state index >= 15 is 0 Å². The SMILES string of the molecule is CN[C@@H](CCC(=O)N[C@@H](CS)C(=O)NCC(=O)O)C(=O)O. The minimum atomic E-state index is -1.20. The number of hydrogen-bond acceptors (Lipinski definition) is 6. The van der Waals surface area contributed by atoms with Crippen LogP contribution in [-0.4, -0.2) is 65.4 Å². The number of carbonyl (C=O) groups excluding carboxylic acids is 2. The summed E-state index contributed by atoms with van der Waals surface area (Å²) in [7, 11) is 1.46. The molecule has 0 aliphatic carbocycles. The van der Waals surface area contributed by atoms with Gasteiger partial charge in [0.2, 0.25) is 11.8 Å². The van der Waals surface area contributed by atoms with Crippen LogP contribution in [0.1, 0.15) is 12.8 Å². The molecule has 10 heteroatoms. The lowest BCUT2D eigenvalue weighted by Crippen LogP contribution is -2.49. The van der Waals surface area contributed by atoms with Crippen LogP contribution >= 0.6 is 12.6 Å². The van der Waals surface area contributed by atoms with Crippen molar-refractivity contribution in [3.05, 3.63) is 0 Å². The molecule has 0 unspecified atom stereocenters. The summed E-state index contributed by atoms with van der Waals surface area (Å²) in [5.41, 5.74) is 0. The van der Waals surface area contributed by atoms with Gasteiger partial charge in [-0.3, -0.25) is 19.2 Å². The van der Waals surface area contributed by atoms with Gasteiger partial charge in [-0.05, 0) is 13.5 Å². The highest BCUT2D eigenvalue weighted by Gasteiger charge is 2.21. The first-order valence-corrected chi connectivity index (χ1v) is 6.74. The van der Waals surface area contributed by atoms with E-state index in [1.54, 1.807) is 0 Å². The first kappa shape index (κ1) is 19.2. The maximum absolute atomic E-state index is 11.6. The Morgan fingerprint density at radius 2 is 1.76 bits per heavy atom. The molecule has 0 aliphatic heterocycles. The van der Waals surface area contributed by atoms with Gasteiger partial charge in [-0.2, -0.15) is 12.6 Å². The van der Waals surface area contributed by atoms with E-state index in [0.717, 1.165) is 0 Å². The van der Waals surface area contributed by atoms with Crippen molar-refractivity contribution in [1.82, 2.24) is 16.0 Å². The Bertz CT molecular complexity index is 403. The number of carbonyl (C=O) groups is 4.